The Morgan fingerprint density at radius 2 is 1.79 bits per heavy atom. The number of hydrogen-bond acceptors (Lipinski definition) is 5. The number of carbonyl (C=O) groups is 1. The minimum absolute atomic E-state index is 0.300. The van der Waals surface area contributed by atoms with Gasteiger partial charge in [0.1, 0.15) is 5.69 Å². The van der Waals surface area contributed by atoms with E-state index in [1.165, 1.54) is 0 Å². The Labute approximate surface area is 162 Å². The molecule has 2 N–H and O–H groups in total. The molecule has 0 atom stereocenters. The molecule has 0 aliphatic rings. The third-order valence-electron chi connectivity index (χ3n) is 4.26. The van der Waals surface area contributed by atoms with Crippen molar-refractivity contribution in [1.29, 1.82) is 0 Å². The molecule has 2 heterocycles. The number of rotatable bonds is 5. The second-order valence-corrected chi connectivity index (χ2v) is 6.39. The van der Waals surface area contributed by atoms with Gasteiger partial charge in [-0.15, -0.1) is 0 Å². The van der Waals surface area contributed by atoms with Gasteiger partial charge in [0, 0.05) is 23.8 Å². The van der Waals surface area contributed by atoms with Gasteiger partial charge in [-0.1, -0.05) is 48.5 Å². The van der Waals surface area contributed by atoms with E-state index >= 15 is 0 Å². The molecule has 0 aliphatic carbocycles. The number of amides is 1. The summed E-state index contributed by atoms with van der Waals surface area (Å²) in [4.78, 5) is 25.9. The van der Waals surface area contributed by atoms with E-state index < -0.39 is 0 Å². The maximum Gasteiger partial charge on any atom is 0.274 e. The molecule has 6 heteroatoms. The number of nitrogens with zero attached hydrogens (tertiary/aromatic N) is 3. The van der Waals surface area contributed by atoms with Crippen molar-refractivity contribution in [2.75, 3.05) is 10.6 Å². The molecule has 0 unspecified atom stereocenters. The fraction of sp³-hybridized carbons (Fsp3) is 0.0909. The number of pyridine rings is 1. The summed E-state index contributed by atoms with van der Waals surface area (Å²) in [7, 11) is 0. The SMILES string of the molecule is Cc1cc(C(=O)Nc2cccc3cccnc23)nc(NCc2ccccc2)n1. The van der Waals surface area contributed by atoms with E-state index in [0.29, 0.717) is 29.6 Å². The van der Waals surface area contributed by atoms with Crippen molar-refractivity contribution in [3.8, 4) is 0 Å². The number of anilines is 2. The Kier molecular flexibility index (Phi) is 4.93. The molecule has 2 aromatic carbocycles. The topological polar surface area (TPSA) is 79.8 Å². The van der Waals surface area contributed by atoms with E-state index in [-0.39, 0.29) is 5.91 Å². The van der Waals surface area contributed by atoms with Crippen LogP contribution in [0.3, 0.4) is 0 Å². The number of aryl methyl sites for hydroxylation is 1. The van der Waals surface area contributed by atoms with Crippen molar-refractivity contribution in [2.24, 2.45) is 0 Å². The Morgan fingerprint density at radius 1 is 0.964 bits per heavy atom. The highest BCUT2D eigenvalue weighted by molar-refractivity contribution is 6.07. The minimum Gasteiger partial charge on any atom is -0.350 e. The van der Waals surface area contributed by atoms with Crippen LogP contribution in [-0.2, 0) is 6.54 Å². The molecule has 2 aromatic heterocycles. The summed E-state index contributed by atoms with van der Waals surface area (Å²) < 4.78 is 0. The van der Waals surface area contributed by atoms with Gasteiger partial charge in [-0.3, -0.25) is 9.78 Å². The summed E-state index contributed by atoms with van der Waals surface area (Å²) in [6, 6.07) is 21.1. The number of fused-ring (bicyclic) bond motifs is 1. The van der Waals surface area contributed by atoms with Gasteiger partial charge in [-0.2, -0.15) is 0 Å². The van der Waals surface area contributed by atoms with Gasteiger partial charge in [0.05, 0.1) is 11.2 Å². The molecule has 0 fully saturated rings. The third kappa shape index (κ3) is 3.96. The zero-order chi connectivity index (χ0) is 19.3. The van der Waals surface area contributed by atoms with Crippen LogP contribution in [0.4, 0.5) is 11.6 Å². The fourth-order valence-corrected chi connectivity index (χ4v) is 2.93. The van der Waals surface area contributed by atoms with Crippen LogP contribution in [-0.4, -0.2) is 20.9 Å². The zero-order valence-electron chi connectivity index (χ0n) is 15.4. The van der Waals surface area contributed by atoms with Crippen LogP contribution in [0, 0.1) is 6.92 Å². The van der Waals surface area contributed by atoms with Crippen molar-refractivity contribution >= 4 is 28.4 Å². The number of carbonyl (C=O) groups excluding carboxylic acids is 1. The molecule has 1 amide bonds. The molecule has 0 bridgehead atoms. The van der Waals surface area contributed by atoms with Crippen LogP contribution < -0.4 is 10.6 Å². The largest absolute Gasteiger partial charge is 0.350 e. The van der Waals surface area contributed by atoms with Crippen LogP contribution in [0.15, 0.2) is 72.9 Å². The number of para-hydroxylation sites is 1. The quantitative estimate of drug-likeness (QED) is 0.551. The van der Waals surface area contributed by atoms with Gasteiger partial charge >= 0.3 is 0 Å². The Bertz CT molecular complexity index is 1120. The van der Waals surface area contributed by atoms with Crippen molar-refractivity contribution < 1.29 is 4.79 Å². The summed E-state index contributed by atoms with van der Waals surface area (Å²) in [5, 5.41) is 7.05. The summed E-state index contributed by atoms with van der Waals surface area (Å²) in [6.07, 6.45) is 1.71. The summed E-state index contributed by atoms with van der Waals surface area (Å²) in [5.41, 5.74) is 3.52. The van der Waals surface area contributed by atoms with Crippen molar-refractivity contribution in [3.05, 3.63) is 89.9 Å². The second-order valence-electron chi connectivity index (χ2n) is 6.39. The molecule has 0 spiro atoms. The highest BCUT2D eigenvalue weighted by atomic mass is 16.1. The highest BCUT2D eigenvalue weighted by Gasteiger charge is 2.13. The predicted octanol–water partition coefficient (Wildman–Crippen LogP) is 4.20. The first-order valence-electron chi connectivity index (χ1n) is 8.97. The molecule has 0 saturated heterocycles. The van der Waals surface area contributed by atoms with Crippen LogP contribution in [0.5, 0.6) is 0 Å². The average molecular weight is 369 g/mol. The van der Waals surface area contributed by atoms with Gasteiger partial charge in [0.2, 0.25) is 5.95 Å². The highest BCUT2D eigenvalue weighted by Crippen LogP contribution is 2.21. The first-order valence-corrected chi connectivity index (χ1v) is 8.97. The molecule has 138 valence electrons. The van der Waals surface area contributed by atoms with Crippen molar-refractivity contribution in [3.63, 3.8) is 0 Å². The lowest BCUT2D eigenvalue weighted by molar-refractivity contribution is 0.102. The Balaban J connectivity index is 1.55. The van der Waals surface area contributed by atoms with E-state index in [0.717, 1.165) is 16.5 Å². The molecule has 4 rings (SSSR count). The first kappa shape index (κ1) is 17.6. The van der Waals surface area contributed by atoms with Crippen molar-refractivity contribution in [2.45, 2.75) is 13.5 Å². The van der Waals surface area contributed by atoms with Gasteiger partial charge in [-0.05, 0) is 30.7 Å². The van der Waals surface area contributed by atoms with E-state index in [9.17, 15) is 4.79 Å². The molecular weight excluding hydrogens is 350 g/mol. The van der Waals surface area contributed by atoms with Crippen LogP contribution >= 0.6 is 0 Å². The van der Waals surface area contributed by atoms with E-state index in [1.807, 2.05) is 67.6 Å². The van der Waals surface area contributed by atoms with Gasteiger partial charge in [0.15, 0.2) is 0 Å². The number of aromatic nitrogens is 3. The monoisotopic (exact) mass is 369 g/mol. The lowest BCUT2D eigenvalue weighted by Gasteiger charge is -2.10. The molecule has 6 nitrogen and oxygen atoms in total. The second kappa shape index (κ2) is 7.84. The van der Waals surface area contributed by atoms with Crippen LogP contribution in [0.2, 0.25) is 0 Å². The molecule has 0 aliphatic heterocycles. The lowest BCUT2D eigenvalue weighted by atomic mass is 10.2. The molecule has 0 saturated carbocycles. The summed E-state index contributed by atoms with van der Waals surface area (Å²) in [6.45, 7) is 2.42. The summed E-state index contributed by atoms with van der Waals surface area (Å²) in [5.74, 6) is 0.122. The van der Waals surface area contributed by atoms with Gasteiger partial charge in [0.25, 0.3) is 5.91 Å². The van der Waals surface area contributed by atoms with Gasteiger partial charge in [-0.25, -0.2) is 9.97 Å². The van der Waals surface area contributed by atoms with Crippen LogP contribution in [0.1, 0.15) is 21.7 Å². The molecular formula is C22H19N5O. The number of nitrogens with one attached hydrogen (secondary N) is 2. The lowest BCUT2D eigenvalue weighted by Crippen LogP contribution is -2.16. The zero-order valence-corrected chi connectivity index (χ0v) is 15.4. The maximum atomic E-state index is 12.8. The fourth-order valence-electron chi connectivity index (χ4n) is 2.93. The van der Waals surface area contributed by atoms with Crippen molar-refractivity contribution in [1.82, 2.24) is 15.0 Å². The normalized spacial score (nSPS) is 10.6. The Morgan fingerprint density at radius 3 is 2.64 bits per heavy atom. The molecule has 28 heavy (non-hydrogen) atoms. The molecule has 0 radical (unpaired) electrons. The molecule has 4 aromatic rings. The Hall–Kier alpha value is -3.80. The number of hydrogen-bond donors (Lipinski definition) is 2. The minimum atomic E-state index is -0.300. The van der Waals surface area contributed by atoms with Gasteiger partial charge < -0.3 is 10.6 Å². The third-order valence-corrected chi connectivity index (χ3v) is 4.26. The van der Waals surface area contributed by atoms with Crippen LogP contribution in [0.25, 0.3) is 10.9 Å². The smallest absolute Gasteiger partial charge is 0.274 e. The average Bonchev–Trinajstić information content (AvgIpc) is 2.73. The van der Waals surface area contributed by atoms with E-state index in [4.69, 9.17) is 0 Å². The maximum absolute atomic E-state index is 12.8. The van der Waals surface area contributed by atoms with E-state index in [1.54, 1.807) is 12.3 Å². The predicted molar refractivity (Wildman–Crippen MR) is 110 cm³/mol. The first-order chi connectivity index (χ1) is 13.7. The summed E-state index contributed by atoms with van der Waals surface area (Å²) >= 11 is 0. The standard InChI is InChI=1S/C22H19N5O/c1-15-13-19(27-22(25-15)24-14-16-7-3-2-4-8-16)21(28)26-18-11-5-9-17-10-6-12-23-20(17)18/h2-13H,14H2,1H3,(H,26,28)(H,24,25,27). The number of benzene rings is 2. The van der Waals surface area contributed by atoms with E-state index in [2.05, 4.69) is 25.6 Å².